The largest absolute Gasteiger partial charge is 0.506 e. The molecular formula is C13H8Br4O3S. The highest BCUT2D eigenvalue weighted by Gasteiger charge is 2.22. The van der Waals surface area contributed by atoms with E-state index < -0.39 is 9.84 Å². The van der Waals surface area contributed by atoms with Gasteiger partial charge >= 0.3 is 0 Å². The summed E-state index contributed by atoms with van der Waals surface area (Å²) in [4.78, 5) is 0.248. The molecule has 0 bridgehead atoms. The minimum atomic E-state index is -3.69. The predicted octanol–water partition coefficient (Wildman–Crippen LogP) is 5.58. The van der Waals surface area contributed by atoms with Crippen LogP contribution in [0, 0.1) is 6.92 Å². The summed E-state index contributed by atoms with van der Waals surface area (Å²) in [6.45, 7) is 1.87. The number of halogens is 4. The lowest BCUT2D eigenvalue weighted by Crippen LogP contribution is -2.03. The van der Waals surface area contributed by atoms with Crippen LogP contribution in [0.5, 0.6) is 5.75 Å². The van der Waals surface area contributed by atoms with Crippen LogP contribution in [0.25, 0.3) is 0 Å². The monoisotopic (exact) mass is 560 g/mol. The highest BCUT2D eigenvalue weighted by atomic mass is 79.9. The van der Waals surface area contributed by atoms with Crippen molar-refractivity contribution >= 4 is 73.6 Å². The van der Waals surface area contributed by atoms with Crippen molar-refractivity contribution in [2.24, 2.45) is 0 Å². The topological polar surface area (TPSA) is 54.4 Å². The van der Waals surface area contributed by atoms with Gasteiger partial charge in [0.25, 0.3) is 0 Å². The van der Waals surface area contributed by atoms with Crippen molar-refractivity contribution in [2.75, 3.05) is 0 Å². The summed E-state index contributed by atoms with van der Waals surface area (Å²) in [6.07, 6.45) is 0. The molecule has 0 fully saturated rings. The second-order valence-corrected chi connectivity index (χ2v) is 9.62. The Labute approximate surface area is 156 Å². The Morgan fingerprint density at radius 3 is 1.52 bits per heavy atom. The van der Waals surface area contributed by atoms with Crippen molar-refractivity contribution in [1.29, 1.82) is 0 Å². The lowest BCUT2D eigenvalue weighted by Gasteiger charge is -2.10. The van der Waals surface area contributed by atoms with Crippen LogP contribution in [0.4, 0.5) is 0 Å². The molecule has 0 unspecified atom stereocenters. The maximum atomic E-state index is 12.7. The first kappa shape index (κ1) is 17.5. The van der Waals surface area contributed by atoms with Crippen LogP contribution >= 0.6 is 63.7 Å². The summed E-state index contributed by atoms with van der Waals surface area (Å²) in [5.74, 6) is -0.0415. The summed E-state index contributed by atoms with van der Waals surface area (Å²) >= 11 is 13.0. The smallest absolute Gasteiger partial charge is 0.206 e. The molecule has 2 rings (SSSR count). The zero-order valence-corrected chi connectivity index (χ0v) is 17.7. The van der Waals surface area contributed by atoms with Gasteiger partial charge in [0, 0.05) is 8.95 Å². The number of phenols is 1. The molecule has 2 aromatic rings. The van der Waals surface area contributed by atoms with Crippen molar-refractivity contribution in [3.63, 3.8) is 0 Å². The van der Waals surface area contributed by atoms with Gasteiger partial charge in [-0.15, -0.1) is 0 Å². The van der Waals surface area contributed by atoms with Crippen LogP contribution in [0.3, 0.4) is 0 Å². The molecule has 1 N–H and O–H groups in total. The molecule has 3 nitrogen and oxygen atoms in total. The van der Waals surface area contributed by atoms with Gasteiger partial charge in [-0.05, 0) is 68.6 Å². The van der Waals surface area contributed by atoms with E-state index in [9.17, 15) is 13.5 Å². The van der Waals surface area contributed by atoms with Crippen molar-refractivity contribution in [3.05, 3.63) is 47.7 Å². The molecular weight excluding hydrogens is 556 g/mol. The molecule has 2 aromatic carbocycles. The van der Waals surface area contributed by atoms with Crippen LogP contribution in [0.2, 0.25) is 0 Å². The quantitative estimate of drug-likeness (QED) is 0.519. The van der Waals surface area contributed by atoms with Crippen molar-refractivity contribution in [2.45, 2.75) is 16.7 Å². The second kappa shape index (κ2) is 6.31. The summed E-state index contributed by atoms with van der Waals surface area (Å²) < 4.78 is 27.4. The van der Waals surface area contributed by atoms with Gasteiger partial charge in [0.15, 0.2) is 0 Å². The molecule has 8 heteroatoms. The van der Waals surface area contributed by atoms with Gasteiger partial charge < -0.3 is 5.11 Å². The molecule has 0 aliphatic rings. The van der Waals surface area contributed by atoms with E-state index in [-0.39, 0.29) is 15.5 Å². The zero-order valence-electron chi connectivity index (χ0n) is 10.5. The molecule has 0 saturated heterocycles. The molecule has 0 aliphatic heterocycles. The minimum Gasteiger partial charge on any atom is -0.506 e. The van der Waals surface area contributed by atoms with Crippen molar-refractivity contribution < 1.29 is 13.5 Å². The third-order valence-corrected chi connectivity index (χ3v) is 7.43. The Hall–Kier alpha value is 0.110. The summed E-state index contributed by atoms with van der Waals surface area (Å²) in [5, 5.41) is 9.69. The van der Waals surface area contributed by atoms with Crippen LogP contribution < -0.4 is 0 Å². The summed E-state index contributed by atoms with van der Waals surface area (Å²) in [6, 6.07) is 5.86. The van der Waals surface area contributed by atoms with Crippen LogP contribution in [0.15, 0.2) is 51.9 Å². The summed E-state index contributed by atoms with van der Waals surface area (Å²) in [5.41, 5.74) is 0.919. The average Bonchev–Trinajstić information content (AvgIpc) is 2.40. The Bertz CT molecular complexity index is 722. The number of hydrogen-bond acceptors (Lipinski definition) is 3. The van der Waals surface area contributed by atoms with Gasteiger partial charge in [0.1, 0.15) is 5.75 Å². The van der Waals surface area contributed by atoms with Gasteiger partial charge in [0.2, 0.25) is 9.84 Å². The number of rotatable bonds is 2. The molecule has 0 spiro atoms. The highest BCUT2D eigenvalue weighted by molar-refractivity contribution is 9.11. The van der Waals surface area contributed by atoms with E-state index in [2.05, 4.69) is 63.7 Å². The normalized spacial score (nSPS) is 11.7. The Kier molecular flexibility index (Phi) is 5.25. The Morgan fingerprint density at radius 2 is 1.14 bits per heavy atom. The van der Waals surface area contributed by atoms with E-state index in [1.54, 1.807) is 12.1 Å². The molecule has 0 aromatic heterocycles. The second-order valence-electron chi connectivity index (χ2n) is 4.25. The van der Waals surface area contributed by atoms with Crippen LogP contribution in [-0.4, -0.2) is 13.5 Å². The maximum Gasteiger partial charge on any atom is 0.206 e. The molecule has 112 valence electrons. The Morgan fingerprint density at radius 1 is 0.810 bits per heavy atom. The number of benzene rings is 2. The SMILES string of the molecule is Cc1c(Br)cc(S(=O)(=O)c2cc(Br)c(O)c(Br)c2)cc1Br. The minimum absolute atomic E-state index is 0.0415. The summed E-state index contributed by atoms with van der Waals surface area (Å²) in [7, 11) is -3.69. The molecule has 21 heavy (non-hydrogen) atoms. The lowest BCUT2D eigenvalue weighted by atomic mass is 10.2. The van der Waals surface area contributed by atoms with Gasteiger partial charge in [0.05, 0.1) is 18.7 Å². The van der Waals surface area contributed by atoms with Gasteiger partial charge in [-0.25, -0.2) is 8.42 Å². The highest BCUT2D eigenvalue weighted by Crippen LogP contribution is 2.37. The van der Waals surface area contributed by atoms with Gasteiger partial charge in [-0.3, -0.25) is 0 Å². The first-order chi connectivity index (χ1) is 9.64. The van der Waals surface area contributed by atoms with E-state index in [1.807, 2.05) is 6.92 Å². The zero-order chi connectivity index (χ0) is 15.9. The van der Waals surface area contributed by atoms with Crippen molar-refractivity contribution in [3.8, 4) is 5.75 Å². The van der Waals surface area contributed by atoms with E-state index >= 15 is 0 Å². The molecule has 0 radical (unpaired) electrons. The molecule has 0 aliphatic carbocycles. The third kappa shape index (κ3) is 3.39. The van der Waals surface area contributed by atoms with E-state index in [0.717, 1.165) is 5.56 Å². The Balaban J connectivity index is 2.68. The fourth-order valence-electron chi connectivity index (χ4n) is 1.61. The first-order valence-corrected chi connectivity index (χ1v) is 10.2. The molecule has 0 amide bonds. The fourth-order valence-corrected chi connectivity index (χ4v) is 5.95. The third-order valence-electron chi connectivity index (χ3n) is 2.87. The predicted molar refractivity (Wildman–Crippen MR) is 95.5 cm³/mol. The van der Waals surface area contributed by atoms with Crippen LogP contribution in [-0.2, 0) is 9.84 Å². The number of phenolic OH excluding ortho intramolecular Hbond substituents is 1. The fraction of sp³-hybridized carbons (Fsp3) is 0.0769. The molecule has 0 saturated carbocycles. The van der Waals surface area contributed by atoms with E-state index in [1.165, 1.54) is 12.1 Å². The number of hydrogen-bond donors (Lipinski definition) is 1. The first-order valence-electron chi connectivity index (χ1n) is 5.53. The van der Waals surface area contributed by atoms with E-state index in [0.29, 0.717) is 17.9 Å². The average molecular weight is 564 g/mol. The standard InChI is InChI=1S/C13H8Br4O3S/c1-6-9(14)2-7(3-10(6)15)21(19,20)8-4-11(16)13(18)12(17)5-8/h2-5,18H,1H3. The van der Waals surface area contributed by atoms with Gasteiger partial charge in [-0.1, -0.05) is 31.9 Å². The maximum absolute atomic E-state index is 12.7. The lowest BCUT2D eigenvalue weighted by molar-refractivity contribution is 0.467. The van der Waals surface area contributed by atoms with Crippen molar-refractivity contribution in [1.82, 2.24) is 0 Å². The van der Waals surface area contributed by atoms with E-state index in [4.69, 9.17) is 0 Å². The van der Waals surface area contributed by atoms with Gasteiger partial charge in [-0.2, -0.15) is 0 Å². The molecule has 0 atom stereocenters. The van der Waals surface area contributed by atoms with Crippen LogP contribution in [0.1, 0.15) is 5.56 Å². The number of aromatic hydroxyl groups is 1. The molecule has 0 heterocycles. The number of sulfone groups is 1.